The molecule has 0 aliphatic rings. The van der Waals surface area contributed by atoms with Gasteiger partial charge < -0.3 is 0 Å². The highest BCUT2D eigenvalue weighted by atomic mass is 14.3. The molecule has 2 unspecified atom stereocenters. The van der Waals surface area contributed by atoms with E-state index in [0.717, 1.165) is 11.8 Å². The van der Waals surface area contributed by atoms with Crippen molar-refractivity contribution in [2.24, 2.45) is 11.8 Å². The highest BCUT2D eigenvalue weighted by Crippen LogP contribution is 2.33. The van der Waals surface area contributed by atoms with Gasteiger partial charge in [-0.05, 0) is 11.8 Å². The van der Waals surface area contributed by atoms with E-state index in [-0.39, 0.29) is 0 Å². The Balaban J connectivity index is 4.42. The maximum absolute atomic E-state index is 2.37. The molecule has 0 nitrogen and oxygen atoms in total. The third-order valence-electron chi connectivity index (χ3n) is 6.38. The predicted octanol–water partition coefficient (Wildman–Crippen LogP) is 10.1. The van der Waals surface area contributed by atoms with E-state index in [1.54, 1.807) is 0 Å². The summed E-state index contributed by atoms with van der Waals surface area (Å²) in [5.41, 5.74) is 0. The van der Waals surface area contributed by atoms with Gasteiger partial charge in [0.1, 0.15) is 0 Å². The van der Waals surface area contributed by atoms with Crippen LogP contribution in [0.1, 0.15) is 156 Å². The Morgan fingerprint density at radius 1 is 0.308 bits per heavy atom. The molecule has 0 radical (unpaired) electrons. The Kier molecular flexibility index (Phi) is 21.3. The van der Waals surface area contributed by atoms with Crippen molar-refractivity contribution in [3.63, 3.8) is 0 Å². The van der Waals surface area contributed by atoms with Gasteiger partial charge >= 0.3 is 0 Å². The quantitative estimate of drug-likeness (QED) is 0.177. The molecule has 0 fully saturated rings. The Hall–Kier alpha value is 0. The lowest BCUT2D eigenvalue weighted by Crippen LogP contribution is -2.16. The second-order valence-corrected chi connectivity index (χ2v) is 8.92. The zero-order valence-corrected chi connectivity index (χ0v) is 19.3. The maximum Gasteiger partial charge on any atom is -0.0386 e. The monoisotopic (exact) mass is 366 g/mol. The number of rotatable bonds is 21. The van der Waals surface area contributed by atoms with Crippen LogP contribution < -0.4 is 0 Å². The molecule has 0 rings (SSSR count). The van der Waals surface area contributed by atoms with E-state index >= 15 is 0 Å². The minimum absolute atomic E-state index is 1.03. The van der Waals surface area contributed by atoms with E-state index in [4.69, 9.17) is 0 Å². The standard InChI is InChI=1S/C26H54/c1-5-9-13-16-19-23-25(21-12-8-4)26(22-18-15-11-7-3)24-20-17-14-10-6-2/h25-26H,5-24H2,1-4H3. The second-order valence-electron chi connectivity index (χ2n) is 8.92. The van der Waals surface area contributed by atoms with Crippen LogP contribution in [0.3, 0.4) is 0 Å². The molecule has 0 aromatic rings. The molecule has 0 aliphatic carbocycles. The van der Waals surface area contributed by atoms with Crippen LogP contribution in [-0.2, 0) is 0 Å². The average molecular weight is 367 g/mol. The van der Waals surface area contributed by atoms with Crippen molar-refractivity contribution >= 4 is 0 Å². The van der Waals surface area contributed by atoms with Crippen LogP contribution in [0.5, 0.6) is 0 Å². The summed E-state index contributed by atoms with van der Waals surface area (Å²) in [6.45, 7) is 9.37. The third-order valence-corrected chi connectivity index (χ3v) is 6.38. The molecule has 0 aromatic heterocycles. The molecule has 0 saturated carbocycles. The summed E-state index contributed by atoms with van der Waals surface area (Å²) in [4.78, 5) is 0. The van der Waals surface area contributed by atoms with E-state index < -0.39 is 0 Å². The van der Waals surface area contributed by atoms with Crippen LogP contribution in [0.4, 0.5) is 0 Å². The first-order valence-corrected chi connectivity index (χ1v) is 12.8. The summed E-state index contributed by atoms with van der Waals surface area (Å²) in [6, 6.07) is 0. The average Bonchev–Trinajstić information content (AvgIpc) is 2.66. The van der Waals surface area contributed by atoms with Crippen LogP contribution >= 0.6 is 0 Å². The zero-order chi connectivity index (χ0) is 19.3. The Labute approximate surface area is 168 Å². The van der Waals surface area contributed by atoms with Crippen LogP contribution in [0.25, 0.3) is 0 Å². The molecule has 158 valence electrons. The van der Waals surface area contributed by atoms with Crippen molar-refractivity contribution in [3.05, 3.63) is 0 Å². The van der Waals surface area contributed by atoms with Crippen molar-refractivity contribution in [1.82, 2.24) is 0 Å². The van der Waals surface area contributed by atoms with E-state index in [1.807, 2.05) is 0 Å². The van der Waals surface area contributed by atoms with Gasteiger partial charge in [-0.25, -0.2) is 0 Å². The van der Waals surface area contributed by atoms with Crippen LogP contribution in [0.2, 0.25) is 0 Å². The molecule has 2 atom stereocenters. The van der Waals surface area contributed by atoms with Crippen LogP contribution in [0, 0.1) is 11.8 Å². The SMILES string of the molecule is CCCCCCCC(CCCC)C(CCCCCC)CCCCCCC. The van der Waals surface area contributed by atoms with E-state index in [1.165, 1.54) is 128 Å². The lowest BCUT2D eigenvalue weighted by molar-refractivity contribution is 0.238. The van der Waals surface area contributed by atoms with Gasteiger partial charge in [0, 0.05) is 0 Å². The fourth-order valence-corrected chi connectivity index (χ4v) is 4.55. The van der Waals surface area contributed by atoms with Gasteiger partial charge in [0.15, 0.2) is 0 Å². The molecule has 0 amide bonds. The van der Waals surface area contributed by atoms with Crippen molar-refractivity contribution in [2.45, 2.75) is 156 Å². The molecule has 0 bridgehead atoms. The van der Waals surface area contributed by atoms with Gasteiger partial charge in [0.2, 0.25) is 0 Å². The van der Waals surface area contributed by atoms with Crippen LogP contribution in [0.15, 0.2) is 0 Å². The molecule has 26 heavy (non-hydrogen) atoms. The zero-order valence-electron chi connectivity index (χ0n) is 19.3. The number of hydrogen-bond donors (Lipinski definition) is 0. The Bertz CT molecular complexity index is 244. The fourth-order valence-electron chi connectivity index (χ4n) is 4.55. The topological polar surface area (TPSA) is 0 Å². The summed E-state index contributed by atoms with van der Waals surface area (Å²) < 4.78 is 0. The van der Waals surface area contributed by atoms with Gasteiger partial charge in [0.05, 0.1) is 0 Å². The minimum Gasteiger partial charge on any atom is -0.0654 e. The summed E-state index contributed by atoms with van der Waals surface area (Å²) in [7, 11) is 0. The molecule has 0 N–H and O–H groups in total. The van der Waals surface area contributed by atoms with Gasteiger partial charge in [0.25, 0.3) is 0 Å². The highest BCUT2D eigenvalue weighted by molar-refractivity contribution is 4.72. The molecule has 0 aromatic carbocycles. The molecule has 0 aliphatic heterocycles. The molecular weight excluding hydrogens is 312 g/mol. The Morgan fingerprint density at radius 2 is 0.577 bits per heavy atom. The van der Waals surface area contributed by atoms with Gasteiger partial charge in [-0.3, -0.25) is 0 Å². The highest BCUT2D eigenvalue weighted by Gasteiger charge is 2.20. The molecule has 0 heteroatoms. The smallest absolute Gasteiger partial charge is 0.0386 e. The first kappa shape index (κ1) is 26.0. The first-order chi connectivity index (χ1) is 12.8. The van der Waals surface area contributed by atoms with Gasteiger partial charge in [-0.2, -0.15) is 0 Å². The summed E-state index contributed by atoms with van der Waals surface area (Å²) in [6.07, 6.45) is 29.2. The molecule has 0 spiro atoms. The number of unbranched alkanes of at least 4 members (excludes halogenated alkanes) is 12. The van der Waals surface area contributed by atoms with Crippen LogP contribution in [-0.4, -0.2) is 0 Å². The predicted molar refractivity (Wildman–Crippen MR) is 122 cm³/mol. The summed E-state index contributed by atoms with van der Waals surface area (Å²) in [5, 5.41) is 0. The maximum atomic E-state index is 2.37. The number of hydrogen-bond acceptors (Lipinski definition) is 0. The summed E-state index contributed by atoms with van der Waals surface area (Å²) >= 11 is 0. The normalized spacial score (nSPS) is 13.8. The van der Waals surface area contributed by atoms with Crippen molar-refractivity contribution in [3.8, 4) is 0 Å². The fraction of sp³-hybridized carbons (Fsp3) is 1.00. The second kappa shape index (κ2) is 21.3. The van der Waals surface area contributed by atoms with E-state index in [0.29, 0.717) is 0 Å². The minimum atomic E-state index is 1.03. The van der Waals surface area contributed by atoms with E-state index in [9.17, 15) is 0 Å². The molecule has 0 saturated heterocycles. The summed E-state index contributed by atoms with van der Waals surface area (Å²) in [5.74, 6) is 2.07. The third kappa shape index (κ3) is 16.2. The molecular formula is C26H54. The van der Waals surface area contributed by atoms with Crippen molar-refractivity contribution in [1.29, 1.82) is 0 Å². The molecule has 0 heterocycles. The largest absolute Gasteiger partial charge is 0.0654 e. The first-order valence-electron chi connectivity index (χ1n) is 12.8. The van der Waals surface area contributed by atoms with Crippen molar-refractivity contribution < 1.29 is 0 Å². The lowest BCUT2D eigenvalue weighted by atomic mass is 9.78. The Morgan fingerprint density at radius 3 is 0.923 bits per heavy atom. The van der Waals surface area contributed by atoms with Crippen molar-refractivity contribution in [2.75, 3.05) is 0 Å². The van der Waals surface area contributed by atoms with E-state index in [2.05, 4.69) is 27.7 Å². The lowest BCUT2D eigenvalue weighted by Gasteiger charge is -2.28. The van der Waals surface area contributed by atoms with Gasteiger partial charge in [-0.15, -0.1) is 0 Å². The van der Waals surface area contributed by atoms with Gasteiger partial charge in [-0.1, -0.05) is 156 Å².